The van der Waals surface area contributed by atoms with Crippen molar-refractivity contribution < 1.29 is 4.74 Å². The number of aryl methyl sites for hydroxylation is 2. The van der Waals surface area contributed by atoms with E-state index in [1.165, 1.54) is 11.4 Å². The van der Waals surface area contributed by atoms with Gasteiger partial charge in [-0.15, -0.1) is 0 Å². The zero-order valence-electron chi connectivity index (χ0n) is 13.0. The Balaban J connectivity index is 2.73. The number of hydrogen-bond donors (Lipinski definition) is 1. The van der Waals surface area contributed by atoms with Gasteiger partial charge in [0.1, 0.15) is 5.82 Å². The SMILES string of the molecule is CCCNCc1c(C)nn(C)c1N(C)CCCOC. The zero-order chi connectivity index (χ0) is 14.3. The van der Waals surface area contributed by atoms with Crippen LogP contribution in [0.2, 0.25) is 0 Å². The summed E-state index contributed by atoms with van der Waals surface area (Å²) in [7, 11) is 5.88. The van der Waals surface area contributed by atoms with E-state index in [2.05, 4.69) is 36.2 Å². The van der Waals surface area contributed by atoms with Crippen molar-refractivity contribution in [3.8, 4) is 0 Å². The first-order chi connectivity index (χ1) is 9.11. The Bertz CT molecular complexity index is 376. The van der Waals surface area contributed by atoms with Crippen molar-refractivity contribution in [3.63, 3.8) is 0 Å². The Hall–Kier alpha value is -1.07. The van der Waals surface area contributed by atoms with Crippen LogP contribution in [0.3, 0.4) is 0 Å². The van der Waals surface area contributed by atoms with Crippen LogP contribution in [0.4, 0.5) is 5.82 Å². The topological polar surface area (TPSA) is 42.3 Å². The monoisotopic (exact) mass is 268 g/mol. The second-order valence-electron chi connectivity index (χ2n) is 4.96. The van der Waals surface area contributed by atoms with Gasteiger partial charge in [0.25, 0.3) is 0 Å². The summed E-state index contributed by atoms with van der Waals surface area (Å²) >= 11 is 0. The predicted molar refractivity (Wildman–Crippen MR) is 79.7 cm³/mol. The maximum atomic E-state index is 5.11. The number of nitrogens with one attached hydrogen (secondary N) is 1. The third-order valence-electron chi connectivity index (χ3n) is 3.25. The highest BCUT2D eigenvalue weighted by molar-refractivity contribution is 5.49. The molecule has 0 unspecified atom stereocenters. The lowest BCUT2D eigenvalue weighted by Crippen LogP contribution is -2.25. The molecule has 0 atom stereocenters. The molecule has 0 bridgehead atoms. The Morgan fingerprint density at radius 1 is 1.42 bits per heavy atom. The minimum Gasteiger partial charge on any atom is -0.385 e. The highest BCUT2D eigenvalue weighted by atomic mass is 16.5. The van der Waals surface area contributed by atoms with Crippen LogP contribution >= 0.6 is 0 Å². The fraction of sp³-hybridized carbons (Fsp3) is 0.786. The normalized spacial score (nSPS) is 11.0. The standard InChI is InChI=1S/C14H28N4O/c1-6-8-15-11-13-12(2)16-18(4)14(13)17(3)9-7-10-19-5/h15H,6-11H2,1-5H3. The van der Waals surface area contributed by atoms with Crippen LogP contribution in [0.25, 0.3) is 0 Å². The Labute approximate surface area is 116 Å². The molecule has 19 heavy (non-hydrogen) atoms. The van der Waals surface area contributed by atoms with E-state index in [1.54, 1.807) is 7.11 Å². The van der Waals surface area contributed by atoms with Gasteiger partial charge in [0.15, 0.2) is 0 Å². The molecular formula is C14H28N4O. The van der Waals surface area contributed by atoms with Crippen LogP contribution < -0.4 is 10.2 Å². The highest BCUT2D eigenvalue weighted by Crippen LogP contribution is 2.22. The van der Waals surface area contributed by atoms with Gasteiger partial charge in [-0.05, 0) is 26.3 Å². The zero-order valence-corrected chi connectivity index (χ0v) is 13.0. The molecule has 5 heteroatoms. The Morgan fingerprint density at radius 3 is 2.79 bits per heavy atom. The number of aromatic nitrogens is 2. The van der Waals surface area contributed by atoms with Crippen LogP contribution in [0, 0.1) is 6.92 Å². The largest absolute Gasteiger partial charge is 0.385 e. The molecule has 0 fully saturated rings. The van der Waals surface area contributed by atoms with Gasteiger partial charge in [0, 0.05) is 46.5 Å². The van der Waals surface area contributed by atoms with Gasteiger partial charge in [-0.1, -0.05) is 6.92 Å². The van der Waals surface area contributed by atoms with Crippen LogP contribution in [0.1, 0.15) is 31.0 Å². The minimum absolute atomic E-state index is 0.796. The fourth-order valence-corrected chi connectivity index (χ4v) is 2.32. The van der Waals surface area contributed by atoms with Crippen LogP contribution in [0.5, 0.6) is 0 Å². The first-order valence-electron chi connectivity index (χ1n) is 7.05. The molecule has 5 nitrogen and oxygen atoms in total. The van der Waals surface area contributed by atoms with E-state index in [1.807, 2.05) is 11.7 Å². The van der Waals surface area contributed by atoms with E-state index in [-0.39, 0.29) is 0 Å². The second-order valence-corrected chi connectivity index (χ2v) is 4.96. The summed E-state index contributed by atoms with van der Waals surface area (Å²) in [6.07, 6.45) is 2.18. The van der Waals surface area contributed by atoms with Crippen LogP contribution in [-0.4, -0.2) is 43.6 Å². The number of rotatable bonds is 9. The maximum Gasteiger partial charge on any atom is 0.131 e. The van der Waals surface area contributed by atoms with E-state index in [4.69, 9.17) is 4.74 Å². The second kappa shape index (κ2) is 8.17. The van der Waals surface area contributed by atoms with Gasteiger partial charge in [-0.3, -0.25) is 4.68 Å². The van der Waals surface area contributed by atoms with E-state index in [9.17, 15) is 0 Å². The molecule has 1 aromatic rings. The summed E-state index contributed by atoms with van der Waals surface area (Å²) < 4.78 is 7.09. The molecule has 110 valence electrons. The number of methoxy groups -OCH3 is 1. The van der Waals surface area contributed by atoms with Gasteiger partial charge in [0.2, 0.25) is 0 Å². The summed E-state index contributed by atoms with van der Waals surface area (Å²) in [5.74, 6) is 1.21. The molecule has 1 aromatic heterocycles. The van der Waals surface area contributed by atoms with E-state index >= 15 is 0 Å². The lowest BCUT2D eigenvalue weighted by atomic mass is 10.2. The molecule has 0 spiro atoms. The first kappa shape index (κ1) is 16.0. The molecule has 0 amide bonds. The third-order valence-corrected chi connectivity index (χ3v) is 3.25. The summed E-state index contributed by atoms with van der Waals surface area (Å²) in [5.41, 5.74) is 2.41. The first-order valence-corrected chi connectivity index (χ1v) is 7.05. The lowest BCUT2D eigenvalue weighted by molar-refractivity contribution is 0.196. The molecule has 1 heterocycles. The molecule has 1 rings (SSSR count). The van der Waals surface area contributed by atoms with Gasteiger partial charge >= 0.3 is 0 Å². The predicted octanol–water partition coefficient (Wildman–Crippen LogP) is 1.70. The van der Waals surface area contributed by atoms with E-state index in [0.29, 0.717) is 0 Å². The Kier molecular flexibility index (Phi) is 6.87. The van der Waals surface area contributed by atoms with Crippen molar-refractivity contribution in [2.24, 2.45) is 7.05 Å². The molecule has 0 saturated heterocycles. The minimum atomic E-state index is 0.796. The molecular weight excluding hydrogens is 240 g/mol. The molecule has 0 aliphatic heterocycles. The van der Waals surface area contributed by atoms with Crippen molar-refractivity contribution in [1.29, 1.82) is 0 Å². The summed E-state index contributed by atoms with van der Waals surface area (Å²) in [6.45, 7) is 7.97. The average Bonchev–Trinajstić information content (AvgIpc) is 2.65. The van der Waals surface area contributed by atoms with Crippen molar-refractivity contribution in [2.75, 3.05) is 38.8 Å². The number of nitrogens with zero attached hydrogens (tertiary/aromatic N) is 3. The van der Waals surface area contributed by atoms with E-state index in [0.717, 1.165) is 44.8 Å². The summed E-state index contributed by atoms with van der Waals surface area (Å²) in [5, 5.41) is 8.01. The lowest BCUT2D eigenvalue weighted by Gasteiger charge is -2.21. The van der Waals surface area contributed by atoms with Crippen LogP contribution in [-0.2, 0) is 18.3 Å². The third kappa shape index (κ3) is 4.51. The maximum absolute atomic E-state index is 5.11. The van der Waals surface area contributed by atoms with Crippen molar-refractivity contribution in [3.05, 3.63) is 11.3 Å². The van der Waals surface area contributed by atoms with Crippen LogP contribution in [0.15, 0.2) is 0 Å². The van der Waals surface area contributed by atoms with Gasteiger partial charge in [-0.25, -0.2) is 0 Å². The average molecular weight is 268 g/mol. The smallest absolute Gasteiger partial charge is 0.131 e. The molecule has 1 N–H and O–H groups in total. The molecule has 0 aliphatic rings. The van der Waals surface area contributed by atoms with Crippen molar-refractivity contribution >= 4 is 5.82 Å². The molecule has 0 saturated carbocycles. The van der Waals surface area contributed by atoms with Gasteiger partial charge in [0.05, 0.1) is 5.69 Å². The summed E-state index contributed by atoms with van der Waals surface area (Å²) in [6, 6.07) is 0. The van der Waals surface area contributed by atoms with Gasteiger partial charge in [-0.2, -0.15) is 5.10 Å². The fourth-order valence-electron chi connectivity index (χ4n) is 2.32. The van der Waals surface area contributed by atoms with E-state index < -0.39 is 0 Å². The summed E-state index contributed by atoms with van der Waals surface area (Å²) in [4.78, 5) is 2.27. The number of anilines is 1. The number of hydrogen-bond acceptors (Lipinski definition) is 4. The molecule has 0 radical (unpaired) electrons. The quantitative estimate of drug-likeness (QED) is 0.692. The molecule has 0 aliphatic carbocycles. The van der Waals surface area contributed by atoms with Crippen molar-refractivity contribution in [1.82, 2.24) is 15.1 Å². The van der Waals surface area contributed by atoms with Crippen molar-refractivity contribution in [2.45, 2.75) is 33.2 Å². The molecule has 0 aromatic carbocycles. The Morgan fingerprint density at radius 2 is 2.16 bits per heavy atom. The highest BCUT2D eigenvalue weighted by Gasteiger charge is 2.16. The van der Waals surface area contributed by atoms with Gasteiger partial charge < -0.3 is 15.0 Å². The number of ether oxygens (including phenoxy) is 1.